The summed E-state index contributed by atoms with van der Waals surface area (Å²) in [5.41, 5.74) is 2.20. The van der Waals surface area contributed by atoms with Gasteiger partial charge in [0.2, 0.25) is 0 Å². The summed E-state index contributed by atoms with van der Waals surface area (Å²) in [5.74, 6) is -0.308. The number of thiocarbonyl (C=S) groups is 1. The molecule has 2 N–H and O–H groups in total. The number of hydrogen-bond acceptors (Lipinski definition) is 5. The molecule has 5 nitrogen and oxygen atoms in total. The van der Waals surface area contributed by atoms with Crippen molar-refractivity contribution in [3.63, 3.8) is 0 Å². The lowest BCUT2D eigenvalue weighted by Crippen LogP contribution is -2.35. The SMILES string of the molecule is Cc1ccc(NC(=S)C2=C(O)c3sccc3N(C)S2(=O)=O)cc1. The first-order valence-electron chi connectivity index (χ1n) is 6.70. The van der Waals surface area contributed by atoms with E-state index in [0.29, 0.717) is 16.3 Å². The summed E-state index contributed by atoms with van der Waals surface area (Å²) < 4.78 is 26.4. The predicted octanol–water partition coefficient (Wildman–Crippen LogP) is 3.50. The summed E-state index contributed by atoms with van der Waals surface area (Å²) in [6, 6.07) is 9.03. The molecule has 3 rings (SSSR count). The van der Waals surface area contributed by atoms with Gasteiger partial charge in [-0.1, -0.05) is 29.9 Å². The zero-order chi connectivity index (χ0) is 16.8. The van der Waals surface area contributed by atoms with Gasteiger partial charge in [0, 0.05) is 12.7 Å². The summed E-state index contributed by atoms with van der Waals surface area (Å²) in [6.45, 7) is 1.95. The minimum Gasteiger partial charge on any atom is -0.505 e. The van der Waals surface area contributed by atoms with Crippen molar-refractivity contribution in [2.24, 2.45) is 0 Å². The number of aryl methyl sites for hydroxylation is 1. The number of sulfonamides is 1. The van der Waals surface area contributed by atoms with Crippen molar-refractivity contribution in [1.82, 2.24) is 0 Å². The third-order valence-corrected chi connectivity index (χ3v) is 6.72. The number of aliphatic hydroxyl groups excluding tert-OH is 1. The van der Waals surface area contributed by atoms with E-state index in [0.717, 1.165) is 9.87 Å². The van der Waals surface area contributed by atoms with Crippen molar-refractivity contribution in [2.45, 2.75) is 6.92 Å². The minimum absolute atomic E-state index is 0.0303. The van der Waals surface area contributed by atoms with Crippen molar-refractivity contribution >= 4 is 55.7 Å². The van der Waals surface area contributed by atoms with Crippen LogP contribution in [0.3, 0.4) is 0 Å². The monoisotopic (exact) mass is 366 g/mol. The number of anilines is 2. The van der Waals surface area contributed by atoms with Crippen LogP contribution < -0.4 is 9.62 Å². The van der Waals surface area contributed by atoms with Gasteiger partial charge in [-0.25, -0.2) is 8.42 Å². The fraction of sp³-hybridized carbons (Fsp3) is 0.133. The fourth-order valence-corrected chi connectivity index (χ4v) is 5.11. The normalized spacial score (nSPS) is 16.2. The highest BCUT2D eigenvalue weighted by Gasteiger charge is 2.38. The number of thiophene rings is 1. The predicted molar refractivity (Wildman–Crippen MR) is 98.6 cm³/mol. The molecule has 0 fully saturated rings. The molecule has 0 aliphatic carbocycles. The Labute approximate surface area is 143 Å². The molecular formula is C15H14N2O3S3. The number of nitrogens with one attached hydrogen (secondary N) is 1. The zero-order valence-corrected chi connectivity index (χ0v) is 14.8. The van der Waals surface area contributed by atoms with E-state index in [4.69, 9.17) is 12.2 Å². The first-order chi connectivity index (χ1) is 10.8. The van der Waals surface area contributed by atoms with Crippen LogP contribution in [0.15, 0.2) is 40.6 Å². The van der Waals surface area contributed by atoms with Gasteiger partial charge in [0.05, 0.1) is 10.6 Å². The molecule has 0 spiro atoms. The van der Waals surface area contributed by atoms with E-state index in [-0.39, 0.29) is 15.7 Å². The van der Waals surface area contributed by atoms with E-state index >= 15 is 0 Å². The molecule has 1 aliphatic rings. The third kappa shape index (κ3) is 2.62. The largest absolute Gasteiger partial charge is 0.505 e. The Balaban J connectivity index is 2.05. The van der Waals surface area contributed by atoms with Crippen molar-refractivity contribution in [1.29, 1.82) is 0 Å². The Morgan fingerprint density at radius 1 is 1.26 bits per heavy atom. The quantitative estimate of drug-likeness (QED) is 0.796. The number of nitrogens with zero attached hydrogens (tertiary/aromatic N) is 1. The van der Waals surface area contributed by atoms with Gasteiger partial charge in [0.1, 0.15) is 4.99 Å². The molecule has 2 heterocycles. The molecule has 0 atom stereocenters. The average Bonchev–Trinajstić information content (AvgIpc) is 2.97. The van der Waals surface area contributed by atoms with Crippen LogP contribution in [0.1, 0.15) is 10.4 Å². The number of aliphatic hydroxyl groups is 1. The molecule has 8 heteroatoms. The van der Waals surface area contributed by atoms with Gasteiger partial charge in [-0.15, -0.1) is 11.3 Å². The van der Waals surface area contributed by atoms with Crippen molar-refractivity contribution in [2.75, 3.05) is 16.7 Å². The van der Waals surface area contributed by atoms with Gasteiger partial charge in [-0.3, -0.25) is 4.31 Å². The van der Waals surface area contributed by atoms with E-state index in [1.807, 2.05) is 19.1 Å². The fourth-order valence-electron chi connectivity index (χ4n) is 2.27. The Morgan fingerprint density at radius 2 is 1.91 bits per heavy atom. The molecule has 0 unspecified atom stereocenters. The Morgan fingerprint density at radius 3 is 2.57 bits per heavy atom. The van der Waals surface area contributed by atoms with Crippen LogP contribution in [0.4, 0.5) is 11.4 Å². The number of benzene rings is 1. The molecule has 0 saturated heterocycles. The van der Waals surface area contributed by atoms with Gasteiger partial charge in [0.25, 0.3) is 10.0 Å². The highest BCUT2D eigenvalue weighted by atomic mass is 32.2. The van der Waals surface area contributed by atoms with Crippen molar-refractivity contribution in [3.05, 3.63) is 51.1 Å². The standard InChI is InChI=1S/C15H14N2O3S3/c1-9-3-5-10(6-4-9)16-15(21)14-12(18)13-11(7-8-22-13)17(2)23(14,19)20/h3-8,18H,1-2H3,(H,16,21). The van der Waals surface area contributed by atoms with Crippen molar-refractivity contribution < 1.29 is 13.5 Å². The highest BCUT2D eigenvalue weighted by Crippen LogP contribution is 2.41. The van der Waals surface area contributed by atoms with Gasteiger partial charge in [-0.05, 0) is 30.5 Å². The third-order valence-electron chi connectivity index (χ3n) is 3.55. The molecule has 1 aromatic carbocycles. The molecule has 23 heavy (non-hydrogen) atoms. The molecule has 0 bridgehead atoms. The van der Waals surface area contributed by atoms with Crippen LogP contribution in [-0.4, -0.2) is 25.6 Å². The molecule has 1 aromatic heterocycles. The van der Waals surface area contributed by atoms with E-state index in [1.54, 1.807) is 23.6 Å². The maximum atomic E-state index is 12.7. The Bertz CT molecular complexity index is 912. The van der Waals surface area contributed by atoms with Gasteiger partial charge in [0.15, 0.2) is 10.7 Å². The van der Waals surface area contributed by atoms with Crippen LogP contribution in [0, 0.1) is 6.92 Å². The lowest BCUT2D eigenvalue weighted by atomic mass is 10.2. The topological polar surface area (TPSA) is 69.6 Å². The smallest absolute Gasteiger partial charge is 0.270 e. The summed E-state index contributed by atoms with van der Waals surface area (Å²) in [7, 11) is -2.45. The van der Waals surface area contributed by atoms with Crippen LogP contribution in [0.2, 0.25) is 0 Å². The molecule has 120 valence electrons. The van der Waals surface area contributed by atoms with Crippen molar-refractivity contribution in [3.8, 4) is 0 Å². The summed E-state index contributed by atoms with van der Waals surface area (Å²) in [5, 5.41) is 15.0. The van der Waals surface area contributed by atoms with Gasteiger partial charge < -0.3 is 10.4 Å². The van der Waals surface area contributed by atoms with Crippen LogP contribution in [0.5, 0.6) is 0 Å². The second kappa shape index (κ2) is 5.63. The first kappa shape index (κ1) is 16.0. The van der Waals surface area contributed by atoms with E-state index in [2.05, 4.69) is 5.32 Å². The second-order valence-corrected chi connectivity index (χ2v) is 8.34. The number of fused-ring (bicyclic) bond motifs is 1. The summed E-state index contributed by atoms with van der Waals surface area (Å²) in [6.07, 6.45) is 0. The van der Waals surface area contributed by atoms with Crippen LogP contribution in [-0.2, 0) is 10.0 Å². The highest BCUT2D eigenvalue weighted by molar-refractivity contribution is 7.99. The average molecular weight is 366 g/mol. The minimum atomic E-state index is -3.90. The molecular weight excluding hydrogens is 352 g/mol. The molecule has 0 amide bonds. The second-order valence-electron chi connectivity index (χ2n) is 5.11. The van der Waals surface area contributed by atoms with Crippen LogP contribution in [0.25, 0.3) is 5.76 Å². The summed E-state index contributed by atoms with van der Waals surface area (Å²) in [4.78, 5) is 0.188. The van der Waals surface area contributed by atoms with E-state index in [1.165, 1.54) is 18.4 Å². The number of rotatable bonds is 2. The van der Waals surface area contributed by atoms with E-state index < -0.39 is 10.0 Å². The van der Waals surface area contributed by atoms with E-state index in [9.17, 15) is 13.5 Å². The van der Waals surface area contributed by atoms with Gasteiger partial charge in [-0.2, -0.15) is 0 Å². The lowest BCUT2D eigenvalue weighted by molar-refractivity contribution is 0.511. The Hall–Kier alpha value is -1.90. The maximum absolute atomic E-state index is 12.7. The molecule has 0 saturated carbocycles. The molecule has 2 aromatic rings. The lowest BCUT2D eigenvalue weighted by Gasteiger charge is -2.27. The molecule has 1 aliphatic heterocycles. The zero-order valence-electron chi connectivity index (χ0n) is 12.4. The molecule has 0 radical (unpaired) electrons. The summed E-state index contributed by atoms with van der Waals surface area (Å²) >= 11 is 6.51. The first-order valence-corrected chi connectivity index (χ1v) is 9.43. The van der Waals surface area contributed by atoms with Crippen LogP contribution >= 0.6 is 23.6 Å². The number of hydrogen-bond donors (Lipinski definition) is 2. The van der Waals surface area contributed by atoms with Gasteiger partial charge >= 0.3 is 0 Å². The Kier molecular flexibility index (Phi) is 3.91. The maximum Gasteiger partial charge on any atom is 0.270 e.